The van der Waals surface area contributed by atoms with Gasteiger partial charge in [0.25, 0.3) is 0 Å². The number of carbonyl (C=O) groups is 1. The first-order valence-corrected chi connectivity index (χ1v) is 7.79. The van der Waals surface area contributed by atoms with E-state index in [0.29, 0.717) is 6.54 Å². The van der Waals surface area contributed by atoms with Crippen molar-refractivity contribution in [1.82, 2.24) is 5.32 Å². The van der Waals surface area contributed by atoms with Gasteiger partial charge in [-0.05, 0) is 31.9 Å². The molecule has 0 bridgehead atoms. The van der Waals surface area contributed by atoms with Crippen LogP contribution in [0.25, 0.3) is 0 Å². The molecule has 1 aromatic carbocycles. The van der Waals surface area contributed by atoms with Gasteiger partial charge in [-0.3, -0.25) is 4.79 Å². The number of likely N-dealkylation sites (N-methyl/N-ethyl adjacent to an activating group) is 1. The van der Waals surface area contributed by atoms with Gasteiger partial charge in [0.2, 0.25) is 5.91 Å². The first-order chi connectivity index (χ1) is 10.1. The number of nitrogens with zero attached hydrogens (tertiary/aromatic N) is 1. The van der Waals surface area contributed by atoms with E-state index in [0.717, 1.165) is 31.5 Å². The van der Waals surface area contributed by atoms with Crippen LogP contribution in [0.15, 0.2) is 30.3 Å². The highest BCUT2D eigenvalue weighted by Crippen LogP contribution is 2.37. The second-order valence-corrected chi connectivity index (χ2v) is 6.17. The van der Waals surface area contributed by atoms with E-state index >= 15 is 0 Å². The third kappa shape index (κ3) is 3.76. The van der Waals surface area contributed by atoms with Crippen LogP contribution in [0.2, 0.25) is 0 Å². The van der Waals surface area contributed by atoms with Gasteiger partial charge in [-0.25, -0.2) is 0 Å². The number of amides is 1. The molecule has 1 aliphatic rings. The Bertz CT molecular complexity index is 463. The van der Waals surface area contributed by atoms with Crippen LogP contribution >= 0.6 is 0 Å². The zero-order chi connectivity index (χ0) is 15.3. The molecule has 4 nitrogen and oxygen atoms in total. The van der Waals surface area contributed by atoms with Crippen LogP contribution in [0.1, 0.15) is 33.1 Å². The topological polar surface area (TPSA) is 52.6 Å². The highest BCUT2D eigenvalue weighted by Gasteiger charge is 2.39. The fourth-order valence-electron chi connectivity index (χ4n) is 3.11. The molecule has 116 valence electrons. The molecule has 2 atom stereocenters. The van der Waals surface area contributed by atoms with Crippen molar-refractivity contribution in [2.75, 3.05) is 24.6 Å². The molecule has 0 radical (unpaired) electrons. The molecule has 0 aromatic heterocycles. The van der Waals surface area contributed by atoms with Gasteiger partial charge < -0.3 is 15.3 Å². The average Bonchev–Trinajstić information content (AvgIpc) is 2.87. The highest BCUT2D eigenvalue weighted by molar-refractivity contribution is 5.81. The lowest BCUT2D eigenvalue weighted by Gasteiger charge is -2.31. The summed E-state index contributed by atoms with van der Waals surface area (Å²) in [6.45, 7) is 5.39. The molecule has 0 spiro atoms. The summed E-state index contributed by atoms with van der Waals surface area (Å²) in [4.78, 5) is 14.4. The Balaban J connectivity index is 1.95. The van der Waals surface area contributed by atoms with Gasteiger partial charge >= 0.3 is 0 Å². The number of hydrogen-bond acceptors (Lipinski definition) is 3. The van der Waals surface area contributed by atoms with Gasteiger partial charge in [0.15, 0.2) is 0 Å². The Hall–Kier alpha value is -1.55. The Kier molecular flexibility index (Phi) is 5.23. The molecule has 1 aliphatic carbocycles. The lowest BCUT2D eigenvalue weighted by molar-refractivity contribution is -0.121. The maximum Gasteiger partial charge on any atom is 0.239 e. The minimum Gasteiger partial charge on any atom is -0.396 e. The lowest BCUT2D eigenvalue weighted by Crippen LogP contribution is -2.48. The zero-order valence-corrected chi connectivity index (χ0v) is 13.0. The summed E-state index contributed by atoms with van der Waals surface area (Å²) in [7, 11) is 0. The largest absolute Gasteiger partial charge is 0.396 e. The predicted octanol–water partition coefficient (Wildman–Crippen LogP) is 2.18. The summed E-state index contributed by atoms with van der Waals surface area (Å²) >= 11 is 0. The Morgan fingerprint density at radius 2 is 2.14 bits per heavy atom. The van der Waals surface area contributed by atoms with Gasteiger partial charge in [0, 0.05) is 23.7 Å². The normalized spacial score (nSPS) is 24.8. The number of para-hydroxylation sites is 1. The molecule has 21 heavy (non-hydrogen) atoms. The van der Waals surface area contributed by atoms with Gasteiger partial charge in [-0.1, -0.05) is 31.5 Å². The second-order valence-electron chi connectivity index (χ2n) is 6.17. The molecule has 4 heteroatoms. The van der Waals surface area contributed by atoms with Crippen molar-refractivity contribution in [3.05, 3.63) is 30.3 Å². The van der Waals surface area contributed by atoms with Crippen molar-refractivity contribution in [3.8, 4) is 0 Å². The molecule has 0 saturated heterocycles. The second kappa shape index (κ2) is 6.94. The smallest absolute Gasteiger partial charge is 0.239 e. The average molecular weight is 290 g/mol. The first-order valence-electron chi connectivity index (χ1n) is 7.79. The number of rotatable bonds is 6. The molecule has 1 aromatic rings. The fraction of sp³-hybridized carbons (Fsp3) is 0.588. The number of nitrogens with one attached hydrogen (secondary N) is 1. The summed E-state index contributed by atoms with van der Waals surface area (Å²) in [5.74, 6) is 0.0345. The Morgan fingerprint density at radius 1 is 1.43 bits per heavy atom. The number of anilines is 1. The molecule has 2 N–H and O–H groups in total. The van der Waals surface area contributed by atoms with Gasteiger partial charge in [-0.15, -0.1) is 0 Å². The Labute approximate surface area is 127 Å². The van der Waals surface area contributed by atoms with Crippen molar-refractivity contribution in [1.29, 1.82) is 0 Å². The van der Waals surface area contributed by atoms with Gasteiger partial charge in [0.05, 0.1) is 13.2 Å². The van der Waals surface area contributed by atoms with Gasteiger partial charge in [-0.2, -0.15) is 0 Å². The van der Waals surface area contributed by atoms with E-state index in [1.165, 1.54) is 0 Å². The van der Waals surface area contributed by atoms with Crippen molar-refractivity contribution < 1.29 is 9.90 Å². The van der Waals surface area contributed by atoms with E-state index in [4.69, 9.17) is 0 Å². The van der Waals surface area contributed by atoms with Gasteiger partial charge in [0.1, 0.15) is 0 Å². The molecule has 1 amide bonds. The Morgan fingerprint density at radius 3 is 2.76 bits per heavy atom. The highest BCUT2D eigenvalue weighted by atomic mass is 16.3. The van der Waals surface area contributed by atoms with Crippen LogP contribution in [0, 0.1) is 5.41 Å². The van der Waals surface area contributed by atoms with Crippen molar-refractivity contribution in [2.45, 2.75) is 39.2 Å². The standard InChI is InChI=1S/C17H26N2O2/c1-3-19(14-8-5-4-6-9-14)12-16(21)18-15-10-7-11-17(15,2)13-20/h4-6,8-9,15,20H,3,7,10-13H2,1-2H3,(H,18,21). The molecule has 1 saturated carbocycles. The third-order valence-corrected chi connectivity index (χ3v) is 4.62. The minimum absolute atomic E-state index is 0.0345. The summed E-state index contributed by atoms with van der Waals surface area (Å²) in [6.07, 6.45) is 3.00. The van der Waals surface area contributed by atoms with E-state index in [1.54, 1.807) is 0 Å². The quantitative estimate of drug-likeness (QED) is 0.844. The first kappa shape index (κ1) is 15.8. The molecular formula is C17H26N2O2. The number of aliphatic hydroxyl groups excluding tert-OH is 1. The molecular weight excluding hydrogens is 264 g/mol. The number of aliphatic hydroxyl groups is 1. The van der Waals surface area contributed by atoms with Crippen LogP contribution < -0.4 is 10.2 Å². The molecule has 1 fully saturated rings. The molecule has 0 aliphatic heterocycles. The van der Waals surface area contributed by atoms with E-state index < -0.39 is 0 Å². The summed E-state index contributed by atoms with van der Waals surface area (Å²) in [5, 5.41) is 12.7. The molecule has 2 unspecified atom stereocenters. The maximum atomic E-state index is 12.3. The number of benzene rings is 1. The zero-order valence-electron chi connectivity index (χ0n) is 13.0. The third-order valence-electron chi connectivity index (χ3n) is 4.62. The van der Waals surface area contributed by atoms with Crippen LogP contribution in [0.3, 0.4) is 0 Å². The predicted molar refractivity (Wildman–Crippen MR) is 85.3 cm³/mol. The summed E-state index contributed by atoms with van der Waals surface area (Å²) in [6, 6.07) is 10.1. The van der Waals surface area contributed by atoms with Crippen LogP contribution in [0.4, 0.5) is 5.69 Å². The van der Waals surface area contributed by atoms with Crippen LogP contribution in [-0.4, -0.2) is 36.8 Å². The van der Waals surface area contributed by atoms with Crippen molar-refractivity contribution in [2.24, 2.45) is 5.41 Å². The fourth-order valence-corrected chi connectivity index (χ4v) is 3.11. The summed E-state index contributed by atoms with van der Waals surface area (Å²) in [5.41, 5.74) is 0.894. The van der Waals surface area contributed by atoms with Crippen molar-refractivity contribution in [3.63, 3.8) is 0 Å². The van der Waals surface area contributed by atoms with E-state index in [-0.39, 0.29) is 24.0 Å². The number of hydrogen-bond donors (Lipinski definition) is 2. The maximum absolute atomic E-state index is 12.3. The van der Waals surface area contributed by atoms with E-state index in [9.17, 15) is 9.90 Å². The van der Waals surface area contributed by atoms with E-state index in [1.807, 2.05) is 37.3 Å². The van der Waals surface area contributed by atoms with Crippen molar-refractivity contribution >= 4 is 11.6 Å². The van der Waals surface area contributed by atoms with Crippen LogP contribution in [0.5, 0.6) is 0 Å². The van der Waals surface area contributed by atoms with E-state index in [2.05, 4.69) is 17.1 Å². The SMILES string of the molecule is CCN(CC(=O)NC1CCCC1(C)CO)c1ccccc1. The minimum atomic E-state index is -0.167. The lowest BCUT2D eigenvalue weighted by atomic mass is 9.86. The molecule has 0 heterocycles. The number of carbonyl (C=O) groups excluding carboxylic acids is 1. The summed E-state index contributed by atoms with van der Waals surface area (Å²) < 4.78 is 0. The van der Waals surface area contributed by atoms with Crippen LogP contribution in [-0.2, 0) is 4.79 Å². The monoisotopic (exact) mass is 290 g/mol. The molecule has 2 rings (SSSR count).